The normalized spacial score (nSPS) is 12.6. The lowest BCUT2D eigenvalue weighted by molar-refractivity contribution is 0.622. The highest BCUT2D eigenvalue weighted by Crippen LogP contribution is 2.27. The maximum absolute atomic E-state index is 13.5. The SMILES string of the molecule is Cc1ccc(F)cc1C(N)c1nccc2ccccc12. The number of halogens is 1. The van der Waals surface area contributed by atoms with E-state index in [4.69, 9.17) is 5.73 Å². The van der Waals surface area contributed by atoms with E-state index in [9.17, 15) is 4.39 Å². The molecule has 3 aromatic rings. The fraction of sp³-hybridized carbons (Fsp3) is 0.118. The van der Waals surface area contributed by atoms with Crippen LogP contribution in [0, 0.1) is 12.7 Å². The first kappa shape index (κ1) is 12.8. The average Bonchev–Trinajstić information content (AvgIpc) is 2.48. The molecule has 2 aromatic carbocycles. The van der Waals surface area contributed by atoms with E-state index in [0.29, 0.717) is 0 Å². The first-order chi connectivity index (χ1) is 9.66. The molecule has 2 N–H and O–H groups in total. The Bertz CT molecular complexity index is 763. The van der Waals surface area contributed by atoms with Crippen molar-refractivity contribution < 1.29 is 4.39 Å². The predicted molar refractivity (Wildman–Crippen MR) is 78.9 cm³/mol. The van der Waals surface area contributed by atoms with Crippen molar-refractivity contribution in [3.63, 3.8) is 0 Å². The molecular formula is C17H15FN2. The number of benzene rings is 2. The van der Waals surface area contributed by atoms with Gasteiger partial charge in [0, 0.05) is 11.6 Å². The fourth-order valence-electron chi connectivity index (χ4n) is 2.48. The van der Waals surface area contributed by atoms with Crippen LogP contribution in [-0.2, 0) is 0 Å². The highest BCUT2D eigenvalue weighted by Gasteiger charge is 2.16. The standard InChI is InChI=1S/C17H15FN2/c1-11-6-7-13(18)10-15(11)16(19)17-14-5-3-2-4-12(14)8-9-20-17/h2-10,16H,19H2,1H3. The van der Waals surface area contributed by atoms with Gasteiger partial charge in [-0.05, 0) is 41.6 Å². The first-order valence-electron chi connectivity index (χ1n) is 6.52. The number of fused-ring (bicyclic) bond motifs is 1. The van der Waals surface area contributed by atoms with Crippen molar-refractivity contribution in [3.05, 3.63) is 77.4 Å². The molecule has 0 aliphatic heterocycles. The molecule has 0 aliphatic carbocycles. The highest BCUT2D eigenvalue weighted by molar-refractivity contribution is 5.85. The van der Waals surface area contributed by atoms with Gasteiger partial charge in [-0.15, -0.1) is 0 Å². The van der Waals surface area contributed by atoms with E-state index in [1.165, 1.54) is 12.1 Å². The second kappa shape index (κ2) is 5.02. The minimum atomic E-state index is -0.434. The summed E-state index contributed by atoms with van der Waals surface area (Å²) in [6, 6.07) is 14.1. The third-order valence-electron chi connectivity index (χ3n) is 3.58. The molecule has 1 atom stereocenters. The van der Waals surface area contributed by atoms with Crippen LogP contribution in [0.25, 0.3) is 10.8 Å². The molecular weight excluding hydrogens is 251 g/mol. The molecule has 0 radical (unpaired) electrons. The van der Waals surface area contributed by atoms with Crippen LogP contribution in [-0.4, -0.2) is 4.98 Å². The van der Waals surface area contributed by atoms with E-state index in [1.807, 2.05) is 37.3 Å². The molecule has 1 aromatic heterocycles. The molecule has 0 spiro atoms. The Hall–Kier alpha value is -2.26. The van der Waals surface area contributed by atoms with Crippen molar-refractivity contribution in [1.82, 2.24) is 4.98 Å². The Kier molecular flexibility index (Phi) is 3.20. The van der Waals surface area contributed by atoms with E-state index in [2.05, 4.69) is 4.98 Å². The Morgan fingerprint density at radius 3 is 2.75 bits per heavy atom. The van der Waals surface area contributed by atoms with Crippen molar-refractivity contribution in [2.45, 2.75) is 13.0 Å². The van der Waals surface area contributed by atoms with Gasteiger partial charge in [0.25, 0.3) is 0 Å². The summed E-state index contributed by atoms with van der Waals surface area (Å²) >= 11 is 0. The molecule has 0 fully saturated rings. The van der Waals surface area contributed by atoms with Crippen LogP contribution in [0.3, 0.4) is 0 Å². The average molecular weight is 266 g/mol. The van der Waals surface area contributed by atoms with Crippen LogP contribution in [0.2, 0.25) is 0 Å². The lowest BCUT2D eigenvalue weighted by Crippen LogP contribution is -2.15. The quantitative estimate of drug-likeness (QED) is 0.767. The van der Waals surface area contributed by atoms with Crippen LogP contribution in [0.5, 0.6) is 0 Å². The Labute approximate surface area is 117 Å². The second-order valence-electron chi connectivity index (χ2n) is 4.90. The summed E-state index contributed by atoms with van der Waals surface area (Å²) < 4.78 is 13.5. The number of hydrogen-bond acceptors (Lipinski definition) is 2. The molecule has 0 amide bonds. The summed E-state index contributed by atoms with van der Waals surface area (Å²) in [6.07, 6.45) is 1.74. The monoisotopic (exact) mass is 266 g/mol. The maximum atomic E-state index is 13.5. The van der Waals surface area contributed by atoms with E-state index in [-0.39, 0.29) is 5.82 Å². The Morgan fingerprint density at radius 1 is 1.10 bits per heavy atom. The molecule has 20 heavy (non-hydrogen) atoms. The number of nitrogens with zero attached hydrogens (tertiary/aromatic N) is 1. The number of hydrogen-bond donors (Lipinski definition) is 1. The number of aromatic nitrogens is 1. The maximum Gasteiger partial charge on any atom is 0.123 e. The summed E-state index contributed by atoms with van der Waals surface area (Å²) in [6.45, 7) is 1.93. The minimum absolute atomic E-state index is 0.277. The van der Waals surface area contributed by atoms with Crippen LogP contribution in [0.1, 0.15) is 22.9 Å². The molecule has 100 valence electrons. The van der Waals surface area contributed by atoms with Crippen molar-refractivity contribution in [2.24, 2.45) is 5.73 Å². The van der Waals surface area contributed by atoms with Crippen LogP contribution in [0.4, 0.5) is 4.39 Å². The van der Waals surface area contributed by atoms with Gasteiger partial charge >= 0.3 is 0 Å². The van der Waals surface area contributed by atoms with Gasteiger partial charge in [-0.2, -0.15) is 0 Å². The minimum Gasteiger partial charge on any atom is -0.319 e. The van der Waals surface area contributed by atoms with Crippen LogP contribution >= 0.6 is 0 Å². The van der Waals surface area contributed by atoms with Gasteiger partial charge in [-0.3, -0.25) is 4.98 Å². The Morgan fingerprint density at radius 2 is 1.90 bits per heavy atom. The summed E-state index contributed by atoms with van der Waals surface area (Å²) in [5.74, 6) is -0.277. The molecule has 0 aliphatic rings. The third-order valence-corrected chi connectivity index (χ3v) is 3.58. The van der Waals surface area contributed by atoms with E-state index >= 15 is 0 Å². The van der Waals surface area contributed by atoms with Crippen LogP contribution in [0.15, 0.2) is 54.7 Å². The summed E-state index contributed by atoms with van der Waals surface area (Å²) in [5.41, 5.74) is 8.84. The smallest absolute Gasteiger partial charge is 0.123 e. The molecule has 3 rings (SSSR count). The number of nitrogens with two attached hydrogens (primary N) is 1. The third kappa shape index (κ3) is 2.17. The summed E-state index contributed by atoms with van der Waals surface area (Å²) in [5, 5.41) is 2.09. The molecule has 0 saturated carbocycles. The molecule has 1 heterocycles. The topological polar surface area (TPSA) is 38.9 Å². The van der Waals surface area contributed by atoms with Gasteiger partial charge in [-0.25, -0.2) is 4.39 Å². The van der Waals surface area contributed by atoms with E-state index in [0.717, 1.165) is 27.6 Å². The second-order valence-corrected chi connectivity index (χ2v) is 4.90. The molecule has 0 bridgehead atoms. The zero-order valence-electron chi connectivity index (χ0n) is 11.2. The van der Waals surface area contributed by atoms with Gasteiger partial charge in [0.05, 0.1) is 11.7 Å². The van der Waals surface area contributed by atoms with E-state index < -0.39 is 6.04 Å². The Balaban J connectivity index is 2.17. The summed E-state index contributed by atoms with van der Waals surface area (Å²) in [7, 11) is 0. The van der Waals surface area contributed by atoms with Gasteiger partial charge in [-0.1, -0.05) is 30.3 Å². The molecule has 0 saturated heterocycles. The number of pyridine rings is 1. The number of rotatable bonds is 2. The van der Waals surface area contributed by atoms with Crippen molar-refractivity contribution in [2.75, 3.05) is 0 Å². The van der Waals surface area contributed by atoms with Crippen molar-refractivity contribution in [1.29, 1.82) is 0 Å². The van der Waals surface area contributed by atoms with Gasteiger partial charge in [0.2, 0.25) is 0 Å². The summed E-state index contributed by atoms with van der Waals surface area (Å²) in [4.78, 5) is 4.41. The molecule has 2 nitrogen and oxygen atoms in total. The van der Waals surface area contributed by atoms with Gasteiger partial charge < -0.3 is 5.73 Å². The fourth-order valence-corrected chi connectivity index (χ4v) is 2.48. The predicted octanol–water partition coefficient (Wildman–Crippen LogP) is 3.73. The largest absolute Gasteiger partial charge is 0.319 e. The zero-order chi connectivity index (χ0) is 14.1. The van der Waals surface area contributed by atoms with Crippen LogP contribution < -0.4 is 5.73 Å². The van der Waals surface area contributed by atoms with Crippen molar-refractivity contribution >= 4 is 10.8 Å². The first-order valence-corrected chi connectivity index (χ1v) is 6.52. The van der Waals surface area contributed by atoms with Gasteiger partial charge in [0.1, 0.15) is 5.82 Å². The highest BCUT2D eigenvalue weighted by atomic mass is 19.1. The molecule has 1 unspecified atom stereocenters. The lowest BCUT2D eigenvalue weighted by atomic mass is 9.96. The van der Waals surface area contributed by atoms with Crippen molar-refractivity contribution in [3.8, 4) is 0 Å². The van der Waals surface area contributed by atoms with E-state index in [1.54, 1.807) is 12.3 Å². The number of aryl methyl sites for hydroxylation is 1. The molecule has 3 heteroatoms. The zero-order valence-corrected chi connectivity index (χ0v) is 11.2. The van der Waals surface area contributed by atoms with Gasteiger partial charge in [0.15, 0.2) is 0 Å². The lowest BCUT2D eigenvalue weighted by Gasteiger charge is -2.16.